The summed E-state index contributed by atoms with van der Waals surface area (Å²) in [7, 11) is 0. The molecule has 8 nitrogen and oxygen atoms in total. The molecule has 1 aliphatic rings. The summed E-state index contributed by atoms with van der Waals surface area (Å²) >= 11 is 0. The fourth-order valence-electron chi connectivity index (χ4n) is 4.19. The van der Waals surface area contributed by atoms with E-state index >= 15 is 0 Å². The Morgan fingerprint density at radius 2 is 1.69 bits per heavy atom. The molecule has 8 heteroatoms. The van der Waals surface area contributed by atoms with Gasteiger partial charge in [0, 0.05) is 32.1 Å². The van der Waals surface area contributed by atoms with Crippen LogP contribution < -0.4 is 10.4 Å². The number of hydrogen-bond donors (Lipinski definition) is 3. The van der Waals surface area contributed by atoms with E-state index in [-0.39, 0.29) is 41.7 Å². The van der Waals surface area contributed by atoms with E-state index in [1.54, 1.807) is 18.2 Å². The van der Waals surface area contributed by atoms with Gasteiger partial charge in [-0.1, -0.05) is 36.4 Å². The minimum absolute atomic E-state index is 0.000336. The van der Waals surface area contributed by atoms with Gasteiger partial charge in [0.25, 0.3) is 0 Å². The molecule has 1 aliphatic heterocycles. The van der Waals surface area contributed by atoms with E-state index in [9.17, 15) is 19.9 Å². The zero-order chi connectivity index (χ0) is 23.1. The number of phenols is 1. The maximum atomic E-state index is 12.8. The second kappa shape index (κ2) is 10.6. The quantitative estimate of drug-likeness (QED) is 0.239. The van der Waals surface area contributed by atoms with Gasteiger partial charge in [0.05, 0.1) is 31.4 Å². The number of anilines is 1. The molecule has 1 atom stereocenters. The molecule has 32 heavy (non-hydrogen) atoms. The third-order valence-electron chi connectivity index (χ3n) is 6.19. The molecular formula is C24H31N3O5. The standard InChI is InChI=1S/C24H31N3O5/c1-18(27(32)14-4-5-15-27)16-19-8-10-20(11-9-19)17-26(21-6-2-3-7-22(21)28)24(30)13-12-23(29)25-31/h2-3,6-11,18,28,31H,4-5,12-17H2,1H3,(H,25,29). The largest absolute Gasteiger partial charge is 0.633 e. The highest BCUT2D eigenvalue weighted by molar-refractivity contribution is 5.96. The van der Waals surface area contributed by atoms with Gasteiger partial charge in [0.2, 0.25) is 11.8 Å². The average molecular weight is 442 g/mol. The highest BCUT2D eigenvalue weighted by atomic mass is 16.5. The molecule has 2 aromatic rings. The number of carbonyl (C=O) groups is 2. The lowest BCUT2D eigenvalue weighted by Gasteiger charge is -2.44. The Labute approximate surface area is 188 Å². The van der Waals surface area contributed by atoms with Crippen LogP contribution in [0.5, 0.6) is 5.75 Å². The van der Waals surface area contributed by atoms with Gasteiger partial charge in [-0.25, -0.2) is 5.48 Å². The third-order valence-corrected chi connectivity index (χ3v) is 6.19. The number of hydrogen-bond acceptors (Lipinski definition) is 5. The van der Waals surface area contributed by atoms with Crippen molar-refractivity contribution in [3.8, 4) is 5.75 Å². The second-order valence-corrected chi connectivity index (χ2v) is 8.48. The topological polar surface area (TPSA) is 113 Å². The fraction of sp³-hybridized carbons (Fsp3) is 0.417. The van der Waals surface area contributed by atoms with Crippen LogP contribution in [0.15, 0.2) is 48.5 Å². The molecule has 1 unspecified atom stereocenters. The van der Waals surface area contributed by atoms with Gasteiger partial charge in [0.15, 0.2) is 0 Å². The predicted octanol–water partition coefficient (Wildman–Crippen LogP) is 3.25. The summed E-state index contributed by atoms with van der Waals surface area (Å²) in [4.78, 5) is 25.6. The van der Waals surface area contributed by atoms with Crippen molar-refractivity contribution in [2.24, 2.45) is 0 Å². The van der Waals surface area contributed by atoms with Crippen molar-refractivity contribution in [3.05, 3.63) is 64.9 Å². The summed E-state index contributed by atoms with van der Waals surface area (Å²) < 4.78 is -0.126. The van der Waals surface area contributed by atoms with Crippen LogP contribution in [-0.4, -0.2) is 45.9 Å². The van der Waals surface area contributed by atoms with E-state index in [0.717, 1.165) is 24.0 Å². The minimum atomic E-state index is -0.647. The fourth-order valence-corrected chi connectivity index (χ4v) is 4.19. The highest BCUT2D eigenvalue weighted by Crippen LogP contribution is 2.29. The van der Waals surface area contributed by atoms with Crippen LogP contribution in [0.25, 0.3) is 0 Å². The number of carbonyl (C=O) groups excluding carboxylic acids is 2. The van der Waals surface area contributed by atoms with Crippen LogP contribution in [0, 0.1) is 5.21 Å². The summed E-state index contributed by atoms with van der Waals surface area (Å²) in [5.41, 5.74) is 3.80. The first-order valence-corrected chi connectivity index (χ1v) is 11.0. The summed E-state index contributed by atoms with van der Waals surface area (Å²) in [6.45, 7) is 3.60. The van der Waals surface area contributed by atoms with Crippen molar-refractivity contribution in [3.63, 3.8) is 0 Å². The van der Waals surface area contributed by atoms with Gasteiger partial charge in [-0.15, -0.1) is 0 Å². The van der Waals surface area contributed by atoms with Crippen molar-refractivity contribution < 1.29 is 24.5 Å². The molecule has 2 amide bonds. The molecule has 0 radical (unpaired) electrons. The maximum Gasteiger partial charge on any atom is 0.243 e. The molecule has 3 rings (SSSR count). The molecule has 1 saturated heterocycles. The van der Waals surface area contributed by atoms with Crippen LogP contribution in [0.2, 0.25) is 0 Å². The second-order valence-electron chi connectivity index (χ2n) is 8.48. The lowest BCUT2D eigenvalue weighted by molar-refractivity contribution is -0.891. The highest BCUT2D eigenvalue weighted by Gasteiger charge is 2.29. The molecule has 0 aromatic heterocycles. The van der Waals surface area contributed by atoms with E-state index < -0.39 is 5.91 Å². The van der Waals surface area contributed by atoms with Crippen molar-refractivity contribution in [1.82, 2.24) is 5.48 Å². The zero-order valence-electron chi connectivity index (χ0n) is 18.4. The number of nitrogens with zero attached hydrogens (tertiary/aromatic N) is 2. The minimum Gasteiger partial charge on any atom is -0.633 e. The Hall–Kier alpha value is -2.94. The van der Waals surface area contributed by atoms with Gasteiger partial charge in [-0.2, -0.15) is 0 Å². The average Bonchev–Trinajstić information content (AvgIpc) is 3.25. The number of hydroxylamine groups is 4. The third kappa shape index (κ3) is 5.85. The monoisotopic (exact) mass is 441 g/mol. The van der Waals surface area contributed by atoms with Crippen LogP contribution in [0.4, 0.5) is 5.69 Å². The normalized spacial score (nSPS) is 15.8. The molecule has 2 aromatic carbocycles. The van der Waals surface area contributed by atoms with Gasteiger partial charge >= 0.3 is 0 Å². The predicted molar refractivity (Wildman–Crippen MR) is 121 cm³/mol. The number of phenolic OH excluding ortho intramolecular Hbond substituents is 1. The Bertz CT molecular complexity index is 925. The molecule has 172 valence electrons. The SMILES string of the molecule is CC(Cc1ccc(CN(C(=O)CCC(=O)NO)c2ccccc2O)cc1)[N+]1([O-])CCCC1. The van der Waals surface area contributed by atoms with E-state index in [1.165, 1.54) is 16.4 Å². The Morgan fingerprint density at radius 3 is 2.31 bits per heavy atom. The van der Waals surface area contributed by atoms with Crippen LogP contribution in [0.1, 0.15) is 43.7 Å². The summed E-state index contributed by atoms with van der Waals surface area (Å²) in [6.07, 6.45) is 2.40. The number of aromatic hydroxyl groups is 1. The maximum absolute atomic E-state index is 12.8. The van der Waals surface area contributed by atoms with Gasteiger partial charge in [-0.05, 0) is 30.2 Å². The molecular weight excluding hydrogens is 410 g/mol. The summed E-state index contributed by atoms with van der Waals surface area (Å²) in [6, 6.07) is 14.3. The Balaban J connectivity index is 1.72. The van der Waals surface area contributed by atoms with Crippen LogP contribution in [-0.2, 0) is 22.6 Å². The number of rotatable bonds is 9. The molecule has 0 aliphatic carbocycles. The Morgan fingerprint density at radius 1 is 1.06 bits per heavy atom. The molecule has 0 spiro atoms. The van der Waals surface area contributed by atoms with Gasteiger partial charge < -0.3 is 19.9 Å². The first kappa shape index (κ1) is 23.7. The summed E-state index contributed by atoms with van der Waals surface area (Å²) in [5.74, 6) is -1.03. The number of amides is 2. The number of nitrogens with one attached hydrogen (secondary N) is 1. The molecule has 1 heterocycles. The molecule has 3 N–H and O–H groups in total. The van der Waals surface area contributed by atoms with E-state index in [2.05, 4.69) is 0 Å². The Kier molecular flexibility index (Phi) is 7.84. The van der Waals surface area contributed by atoms with Gasteiger partial charge in [-0.3, -0.25) is 14.8 Å². The van der Waals surface area contributed by atoms with Crippen molar-refractivity contribution in [2.45, 2.75) is 51.6 Å². The van der Waals surface area contributed by atoms with E-state index in [0.29, 0.717) is 25.2 Å². The molecule has 0 saturated carbocycles. The van der Waals surface area contributed by atoms with E-state index in [1.807, 2.05) is 31.2 Å². The molecule has 0 bridgehead atoms. The first-order valence-electron chi connectivity index (χ1n) is 11.0. The van der Waals surface area contributed by atoms with Crippen LogP contribution in [0.3, 0.4) is 0 Å². The number of para-hydroxylation sites is 2. The lowest BCUT2D eigenvalue weighted by atomic mass is 10.0. The smallest absolute Gasteiger partial charge is 0.243 e. The summed E-state index contributed by atoms with van der Waals surface area (Å²) in [5, 5.41) is 31.8. The number of benzene rings is 2. The van der Waals surface area contributed by atoms with Crippen molar-refractivity contribution in [1.29, 1.82) is 0 Å². The first-order chi connectivity index (χ1) is 15.3. The number of quaternary nitrogens is 1. The van der Waals surface area contributed by atoms with Crippen molar-refractivity contribution >= 4 is 17.5 Å². The van der Waals surface area contributed by atoms with E-state index in [4.69, 9.17) is 5.21 Å². The van der Waals surface area contributed by atoms with Crippen LogP contribution >= 0.6 is 0 Å². The molecule has 1 fully saturated rings. The zero-order valence-corrected chi connectivity index (χ0v) is 18.4. The number of likely N-dealkylation sites (tertiary alicyclic amines) is 1. The van der Waals surface area contributed by atoms with Crippen molar-refractivity contribution in [2.75, 3.05) is 18.0 Å². The lowest BCUT2D eigenvalue weighted by Crippen LogP contribution is -2.47. The van der Waals surface area contributed by atoms with Gasteiger partial charge in [0.1, 0.15) is 5.75 Å².